The van der Waals surface area contributed by atoms with Gasteiger partial charge in [-0.1, -0.05) is 116 Å². The number of aromatic hydroxyl groups is 3. The molecule has 1 heterocycles. The summed E-state index contributed by atoms with van der Waals surface area (Å²) in [5.74, 6) is 3.93. The molecule has 1 aromatic heterocycles. The molecule has 0 spiro atoms. The van der Waals surface area contributed by atoms with Gasteiger partial charge in [0.2, 0.25) is 0 Å². The van der Waals surface area contributed by atoms with E-state index in [1.54, 1.807) is 0 Å². The van der Waals surface area contributed by atoms with Gasteiger partial charge in [0, 0.05) is 19.3 Å². The lowest BCUT2D eigenvalue weighted by Gasteiger charge is -2.15. The van der Waals surface area contributed by atoms with E-state index in [0.717, 1.165) is 186 Å². The standard InChI is InChI=1S/C51H75N3O3/c1-7-13-19-40-31-37(32-41(49(40)55)20-14-8-2)25-28-46-52-47(29-26-38-33-42(21-15-9-3)50(56)43(34-38)22-16-10-4)54-48(53-46)30-27-39-35-44(23-17-11-5)51(57)45(36-39)24-18-12-6/h31-36,55-57H,7-30H2,1-6H3. The average molecular weight is 778 g/mol. The molecule has 0 radical (unpaired) electrons. The van der Waals surface area contributed by atoms with Crippen LogP contribution in [0.25, 0.3) is 0 Å². The van der Waals surface area contributed by atoms with Crippen LogP contribution >= 0.6 is 0 Å². The molecule has 0 saturated heterocycles. The van der Waals surface area contributed by atoms with Crippen molar-refractivity contribution in [1.82, 2.24) is 15.0 Å². The van der Waals surface area contributed by atoms with Gasteiger partial charge in [0.25, 0.3) is 0 Å². The predicted octanol–water partition coefficient (Wildman–Crippen LogP) is 12.4. The molecule has 0 unspecified atom stereocenters. The fraction of sp³-hybridized carbons (Fsp3) is 0.588. The maximum atomic E-state index is 11.1. The first-order chi connectivity index (χ1) is 27.7. The maximum absolute atomic E-state index is 11.1. The molecule has 0 fully saturated rings. The first-order valence-corrected chi connectivity index (χ1v) is 23.0. The lowest BCUT2D eigenvalue weighted by molar-refractivity contribution is 0.457. The van der Waals surface area contributed by atoms with Crippen molar-refractivity contribution >= 4 is 0 Å². The van der Waals surface area contributed by atoms with Crippen LogP contribution in [-0.2, 0) is 77.0 Å². The molecule has 3 aromatic carbocycles. The van der Waals surface area contributed by atoms with Crippen molar-refractivity contribution in [3.05, 3.63) is 104 Å². The Balaban J connectivity index is 1.65. The molecule has 4 rings (SSSR count). The van der Waals surface area contributed by atoms with Gasteiger partial charge in [-0.05, 0) is 146 Å². The third-order valence-electron chi connectivity index (χ3n) is 11.5. The van der Waals surface area contributed by atoms with Crippen LogP contribution in [0.3, 0.4) is 0 Å². The Labute approximate surface area is 346 Å². The molecule has 57 heavy (non-hydrogen) atoms. The van der Waals surface area contributed by atoms with Crippen LogP contribution in [0.1, 0.15) is 186 Å². The summed E-state index contributed by atoms with van der Waals surface area (Å²) in [6.07, 6.45) is 22.8. The second-order valence-corrected chi connectivity index (χ2v) is 16.5. The number of benzene rings is 3. The molecule has 0 bridgehead atoms. The third kappa shape index (κ3) is 14.4. The van der Waals surface area contributed by atoms with E-state index in [1.807, 2.05) is 0 Å². The number of unbranched alkanes of at least 4 members (excludes halogenated alkanes) is 6. The number of aryl methyl sites for hydroxylation is 12. The summed E-state index contributed by atoms with van der Waals surface area (Å²) in [5, 5.41) is 33.4. The number of rotatable bonds is 27. The lowest BCUT2D eigenvalue weighted by Crippen LogP contribution is -2.11. The zero-order chi connectivity index (χ0) is 41.0. The largest absolute Gasteiger partial charge is 0.507 e. The SMILES string of the molecule is CCCCc1cc(CCc2nc(CCc3cc(CCCC)c(O)c(CCCC)c3)nc(CCc3cc(CCCC)c(O)c(CCCC)c3)n2)cc(CCCC)c1O. The minimum Gasteiger partial charge on any atom is -0.507 e. The Kier molecular flexibility index (Phi) is 19.9. The summed E-state index contributed by atoms with van der Waals surface area (Å²) in [7, 11) is 0. The first-order valence-electron chi connectivity index (χ1n) is 23.0. The summed E-state index contributed by atoms with van der Waals surface area (Å²) in [6.45, 7) is 13.2. The number of hydrogen-bond donors (Lipinski definition) is 3. The maximum Gasteiger partial charge on any atom is 0.132 e. The van der Waals surface area contributed by atoms with Gasteiger partial charge in [-0.25, -0.2) is 15.0 Å². The molecule has 0 aliphatic rings. The number of aromatic nitrogens is 3. The van der Waals surface area contributed by atoms with Crippen LogP contribution in [-0.4, -0.2) is 30.3 Å². The third-order valence-corrected chi connectivity index (χ3v) is 11.5. The van der Waals surface area contributed by atoms with Gasteiger partial charge in [0.1, 0.15) is 34.7 Å². The van der Waals surface area contributed by atoms with Crippen molar-refractivity contribution in [1.29, 1.82) is 0 Å². The molecular formula is C51H75N3O3. The second-order valence-electron chi connectivity index (χ2n) is 16.5. The molecule has 6 heteroatoms. The van der Waals surface area contributed by atoms with Crippen molar-refractivity contribution in [2.24, 2.45) is 0 Å². The van der Waals surface area contributed by atoms with Gasteiger partial charge >= 0.3 is 0 Å². The highest BCUT2D eigenvalue weighted by atomic mass is 16.3. The molecule has 0 aliphatic heterocycles. The minimum absolute atomic E-state index is 0.486. The van der Waals surface area contributed by atoms with Crippen LogP contribution < -0.4 is 0 Å². The minimum atomic E-state index is 0.486. The molecule has 0 aliphatic carbocycles. The first kappa shape index (κ1) is 45.8. The smallest absolute Gasteiger partial charge is 0.132 e. The van der Waals surface area contributed by atoms with E-state index < -0.39 is 0 Å². The highest BCUT2D eigenvalue weighted by Crippen LogP contribution is 2.31. The normalized spacial score (nSPS) is 11.5. The van der Waals surface area contributed by atoms with Crippen LogP contribution in [0, 0.1) is 0 Å². The Morgan fingerprint density at radius 2 is 0.491 bits per heavy atom. The fourth-order valence-electron chi connectivity index (χ4n) is 7.90. The van der Waals surface area contributed by atoms with E-state index in [1.165, 1.54) is 16.7 Å². The summed E-state index contributed by atoms with van der Waals surface area (Å²) >= 11 is 0. The van der Waals surface area contributed by atoms with E-state index >= 15 is 0 Å². The number of phenolic OH excluding ortho intramolecular Hbond substituents is 3. The number of hydrogen-bond acceptors (Lipinski definition) is 6. The van der Waals surface area contributed by atoms with Crippen LogP contribution in [0.5, 0.6) is 17.2 Å². The number of nitrogens with zero attached hydrogens (tertiary/aromatic N) is 3. The van der Waals surface area contributed by atoms with Gasteiger partial charge < -0.3 is 15.3 Å². The van der Waals surface area contributed by atoms with E-state index in [0.29, 0.717) is 36.5 Å². The van der Waals surface area contributed by atoms with Crippen LogP contribution in [0.2, 0.25) is 0 Å². The summed E-state index contributed by atoms with van der Waals surface area (Å²) in [4.78, 5) is 15.3. The Hall–Kier alpha value is -3.93. The summed E-state index contributed by atoms with van der Waals surface area (Å²) < 4.78 is 0. The van der Waals surface area contributed by atoms with Crippen LogP contribution in [0.4, 0.5) is 0 Å². The fourth-order valence-corrected chi connectivity index (χ4v) is 7.90. The molecule has 312 valence electrons. The molecule has 4 aromatic rings. The highest BCUT2D eigenvalue weighted by Gasteiger charge is 2.16. The van der Waals surface area contributed by atoms with Gasteiger partial charge in [0.15, 0.2) is 0 Å². The highest BCUT2D eigenvalue weighted by molar-refractivity contribution is 5.46. The van der Waals surface area contributed by atoms with Crippen molar-refractivity contribution in [2.75, 3.05) is 0 Å². The van der Waals surface area contributed by atoms with Crippen molar-refractivity contribution in [3.63, 3.8) is 0 Å². The lowest BCUT2D eigenvalue weighted by atomic mass is 9.95. The number of phenols is 3. The molecule has 0 amide bonds. The second kappa shape index (κ2) is 24.8. The monoisotopic (exact) mass is 778 g/mol. The van der Waals surface area contributed by atoms with Crippen molar-refractivity contribution in [3.8, 4) is 17.2 Å². The Bertz CT molecular complexity index is 1510. The molecule has 0 saturated carbocycles. The Morgan fingerprint density at radius 3 is 0.667 bits per heavy atom. The Morgan fingerprint density at radius 1 is 0.298 bits per heavy atom. The molecular weight excluding hydrogens is 703 g/mol. The zero-order valence-electron chi connectivity index (χ0n) is 36.6. The molecule has 0 atom stereocenters. The van der Waals surface area contributed by atoms with E-state index in [9.17, 15) is 15.3 Å². The summed E-state index contributed by atoms with van der Waals surface area (Å²) in [5.41, 5.74) is 10.1. The topological polar surface area (TPSA) is 99.4 Å². The van der Waals surface area contributed by atoms with Crippen molar-refractivity contribution < 1.29 is 15.3 Å². The van der Waals surface area contributed by atoms with E-state index in [2.05, 4.69) is 77.9 Å². The zero-order valence-corrected chi connectivity index (χ0v) is 36.6. The molecule has 3 N–H and O–H groups in total. The predicted molar refractivity (Wildman–Crippen MR) is 238 cm³/mol. The summed E-state index contributed by atoms with van der Waals surface area (Å²) in [6, 6.07) is 13.2. The average Bonchev–Trinajstić information content (AvgIpc) is 3.22. The van der Waals surface area contributed by atoms with Crippen LogP contribution in [0.15, 0.2) is 36.4 Å². The van der Waals surface area contributed by atoms with Crippen molar-refractivity contribution in [2.45, 2.75) is 196 Å². The molecule has 6 nitrogen and oxygen atoms in total. The quantitative estimate of drug-likeness (QED) is 0.0557. The van der Waals surface area contributed by atoms with E-state index in [4.69, 9.17) is 15.0 Å². The van der Waals surface area contributed by atoms with Gasteiger partial charge in [-0.15, -0.1) is 0 Å². The van der Waals surface area contributed by atoms with Gasteiger partial charge in [-0.2, -0.15) is 0 Å². The van der Waals surface area contributed by atoms with Gasteiger partial charge in [0.05, 0.1) is 0 Å². The van der Waals surface area contributed by atoms with Gasteiger partial charge in [-0.3, -0.25) is 0 Å². The van der Waals surface area contributed by atoms with E-state index in [-0.39, 0.29) is 0 Å².